The van der Waals surface area contributed by atoms with Gasteiger partial charge >= 0.3 is 29.8 Å². The quantitative estimate of drug-likeness (QED) is 0.0257. The van der Waals surface area contributed by atoms with E-state index in [4.69, 9.17) is 37.5 Å². The number of hydrogen-bond acceptors (Lipinski definition) is 14. The molecule has 0 bridgehead atoms. The standard InChI is InChI=1S/C55H56Br4N2O12/c1-3-4-5-6-7-8-9-10-11-12-13-14-48(62)72-50(47-32-60-34-68-47)51-61-44(33-67-51)45(70-53(64)37-17-25-41(57)26-18-37)31-46(71-54(65)38-19-27-42(58)28-20-38)49(73-55(66)39-21-29-43(59)30-22-39)35(2)69-52(63)36-15-23-40(56)24-16-36/h15-30,32-35,45-46,49-50H,3-14,31H2,1-2H3/t35-,45+,46-,49+,50+/m1/s1. The Morgan fingerprint density at radius 1 is 0.534 bits per heavy atom. The molecular weight excluding hydrogens is 1200 g/mol. The molecule has 0 amide bonds. The van der Waals surface area contributed by atoms with E-state index in [1.54, 1.807) is 72.8 Å². The maximum atomic E-state index is 14.2. The van der Waals surface area contributed by atoms with E-state index in [0.717, 1.165) is 23.7 Å². The summed E-state index contributed by atoms with van der Waals surface area (Å²) in [5.74, 6) is -3.79. The van der Waals surface area contributed by atoms with Crippen LogP contribution in [0.4, 0.5) is 0 Å². The third-order valence-corrected chi connectivity index (χ3v) is 13.8. The van der Waals surface area contributed by atoms with Gasteiger partial charge in [-0.25, -0.2) is 29.1 Å². The lowest BCUT2D eigenvalue weighted by Gasteiger charge is -2.32. The predicted molar refractivity (Wildman–Crippen MR) is 285 cm³/mol. The molecule has 18 heteroatoms. The maximum Gasteiger partial charge on any atom is 0.338 e. The van der Waals surface area contributed by atoms with Gasteiger partial charge < -0.3 is 32.5 Å². The summed E-state index contributed by atoms with van der Waals surface area (Å²) in [6.45, 7) is 3.70. The fraction of sp³-hybridized carbons (Fsp3) is 0.364. The molecule has 0 aliphatic rings. The SMILES string of the molecule is CCCCCCCCCCCCCC(=O)O[C@@H](c1cnco1)c1nc([C@H](C[C@@H](OC(=O)c2ccc(Br)cc2)[C@@H](OC(=O)c2ccc(Br)cc2)[C@@H](C)OC(=O)c2ccc(Br)cc2)OC(=O)c2ccc(Br)cc2)co1. The molecule has 5 atom stereocenters. The number of carbonyl (C=O) groups is 5. The van der Waals surface area contributed by atoms with E-state index in [-0.39, 0.29) is 46.0 Å². The van der Waals surface area contributed by atoms with Gasteiger partial charge in [0.15, 0.2) is 24.4 Å². The van der Waals surface area contributed by atoms with Crippen molar-refractivity contribution in [2.75, 3.05) is 0 Å². The molecule has 6 rings (SSSR count). The summed E-state index contributed by atoms with van der Waals surface area (Å²) in [5.41, 5.74) is 0.602. The third kappa shape index (κ3) is 18.2. The van der Waals surface area contributed by atoms with Crippen molar-refractivity contribution in [3.63, 3.8) is 0 Å². The number of benzene rings is 4. The van der Waals surface area contributed by atoms with Crippen LogP contribution in [0.15, 0.2) is 143 Å². The second kappa shape index (κ2) is 29.5. The van der Waals surface area contributed by atoms with Crippen molar-refractivity contribution in [2.24, 2.45) is 0 Å². The van der Waals surface area contributed by atoms with Crippen molar-refractivity contribution in [1.29, 1.82) is 0 Å². The summed E-state index contributed by atoms with van der Waals surface area (Å²) in [5, 5.41) is 0. The minimum absolute atomic E-state index is 0.00595. The number of rotatable bonds is 28. The van der Waals surface area contributed by atoms with Gasteiger partial charge in [-0.05, 0) is 110 Å². The van der Waals surface area contributed by atoms with Crippen LogP contribution in [0.5, 0.6) is 0 Å². The number of unbranched alkanes of at least 4 members (excludes halogenated alkanes) is 10. The van der Waals surface area contributed by atoms with Crippen LogP contribution in [-0.4, -0.2) is 58.1 Å². The van der Waals surface area contributed by atoms with Crippen molar-refractivity contribution >= 4 is 93.6 Å². The third-order valence-electron chi connectivity index (χ3n) is 11.7. The minimum atomic E-state index is -1.55. The number of nitrogens with zero attached hydrogens (tertiary/aromatic N) is 2. The lowest BCUT2D eigenvalue weighted by Crippen LogP contribution is -2.45. The van der Waals surface area contributed by atoms with Gasteiger partial charge in [0, 0.05) is 30.7 Å². The first-order valence-electron chi connectivity index (χ1n) is 24.2. The lowest BCUT2D eigenvalue weighted by molar-refractivity contribution is -0.149. The predicted octanol–water partition coefficient (Wildman–Crippen LogP) is 15.0. The first-order chi connectivity index (χ1) is 35.3. The smallest absolute Gasteiger partial charge is 0.338 e. The van der Waals surface area contributed by atoms with Crippen molar-refractivity contribution in [2.45, 2.75) is 128 Å². The Bertz CT molecular complexity index is 2680. The fourth-order valence-electron chi connectivity index (χ4n) is 7.68. The molecule has 0 N–H and O–H groups in total. The monoisotopic (exact) mass is 1250 g/mol. The molecule has 386 valence electrons. The van der Waals surface area contributed by atoms with Crippen LogP contribution < -0.4 is 0 Å². The number of oxazole rings is 2. The number of ether oxygens (including phenoxy) is 5. The highest BCUT2D eigenvalue weighted by Gasteiger charge is 2.41. The van der Waals surface area contributed by atoms with Crippen molar-refractivity contribution in [3.05, 3.63) is 173 Å². The summed E-state index contributed by atoms with van der Waals surface area (Å²) in [6, 6.07) is 25.6. The summed E-state index contributed by atoms with van der Waals surface area (Å²) in [6.07, 6.45) is 8.66. The second-order valence-corrected chi connectivity index (χ2v) is 20.9. The molecule has 0 spiro atoms. The van der Waals surface area contributed by atoms with Crippen LogP contribution >= 0.6 is 63.7 Å². The zero-order valence-corrected chi connectivity index (χ0v) is 46.7. The van der Waals surface area contributed by atoms with Gasteiger partial charge in [-0.3, -0.25) is 4.79 Å². The molecule has 6 aromatic rings. The van der Waals surface area contributed by atoms with Gasteiger partial charge in [0.05, 0.1) is 28.5 Å². The minimum Gasteiger partial charge on any atom is -0.455 e. The van der Waals surface area contributed by atoms with Crippen LogP contribution in [0.2, 0.25) is 0 Å². The molecule has 14 nitrogen and oxygen atoms in total. The lowest BCUT2D eigenvalue weighted by atomic mass is 10.00. The van der Waals surface area contributed by atoms with Crippen LogP contribution in [-0.2, 0) is 28.5 Å². The number of esters is 5. The molecule has 0 aliphatic heterocycles. The van der Waals surface area contributed by atoms with Crippen molar-refractivity contribution in [3.8, 4) is 0 Å². The Morgan fingerprint density at radius 2 is 0.973 bits per heavy atom. The van der Waals surface area contributed by atoms with Crippen LogP contribution in [0, 0.1) is 0 Å². The average molecular weight is 1260 g/mol. The van der Waals surface area contributed by atoms with Crippen molar-refractivity contribution in [1.82, 2.24) is 9.97 Å². The zero-order valence-electron chi connectivity index (χ0n) is 40.4. The molecule has 0 unspecified atom stereocenters. The molecule has 0 radical (unpaired) electrons. The first kappa shape index (κ1) is 56.9. The van der Waals surface area contributed by atoms with Gasteiger partial charge in [-0.1, -0.05) is 135 Å². The molecule has 4 aromatic carbocycles. The van der Waals surface area contributed by atoms with E-state index in [2.05, 4.69) is 75.6 Å². The molecular formula is C55H56Br4N2O12. The van der Waals surface area contributed by atoms with Gasteiger partial charge in [-0.2, -0.15) is 0 Å². The molecule has 0 fully saturated rings. The largest absolute Gasteiger partial charge is 0.455 e. The fourth-order valence-corrected chi connectivity index (χ4v) is 8.74. The topological polar surface area (TPSA) is 184 Å². The number of hydrogen-bond donors (Lipinski definition) is 0. The summed E-state index contributed by atoms with van der Waals surface area (Å²) < 4.78 is 44.9. The Kier molecular flexibility index (Phi) is 22.9. The van der Waals surface area contributed by atoms with E-state index in [0.29, 0.717) is 19.8 Å². The van der Waals surface area contributed by atoms with E-state index in [9.17, 15) is 24.0 Å². The molecule has 0 aliphatic carbocycles. The highest BCUT2D eigenvalue weighted by Crippen LogP contribution is 2.34. The summed E-state index contributed by atoms with van der Waals surface area (Å²) in [7, 11) is 0. The zero-order chi connectivity index (χ0) is 52.1. The molecule has 2 aromatic heterocycles. The van der Waals surface area contributed by atoms with Gasteiger partial charge in [0.1, 0.15) is 24.2 Å². The van der Waals surface area contributed by atoms with E-state index < -0.39 is 66.8 Å². The van der Waals surface area contributed by atoms with Gasteiger partial charge in [0.25, 0.3) is 0 Å². The number of halogens is 4. The van der Waals surface area contributed by atoms with E-state index in [1.807, 2.05) is 0 Å². The number of carbonyl (C=O) groups excluding carboxylic acids is 5. The van der Waals surface area contributed by atoms with Crippen LogP contribution in [0.3, 0.4) is 0 Å². The molecule has 0 saturated carbocycles. The number of aromatic nitrogens is 2. The van der Waals surface area contributed by atoms with Gasteiger partial charge in [0.2, 0.25) is 12.0 Å². The second-order valence-electron chi connectivity index (χ2n) is 17.3. The Labute approximate surface area is 458 Å². The Hall–Kier alpha value is -5.43. The molecule has 2 heterocycles. The molecule has 73 heavy (non-hydrogen) atoms. The normalized spacial score (nSPS) is 13.2. The summed E-state index contributed by atoms with van der Waals surface area (Å²) in [4.78, 5) is 78.1. The van der Waals surface area contributed by atoms with Crippen LogP contribution in [0.25, 0.3) is 0 Å². The van der Waals surface area contributed by atoms with Crippen LogP contribution in [0.1, 0.15) is 168 Å². The first-order valence-corrected chi connectivity index (χ1v) is 27.3. The van der Waals surface area contributed by atoms with Gasteiger partial charge in [-0.15, -0.1) is 0 Å². The van der Waals surface area contributed by atoms with E-state index in [1.165, 1.54) is 95.0 Å². The summed E-state index contributed by atoms with van der Waals surface area (Å²) >= 11 is 13.6. The van der Waals surface area contributed by atoms with Crippen molar-refractivity contribution < 1.29 is 56.5 Å². The Balaban J connectivity index is 1.32. The Morgan fingerprint density at radius 3 is 1.44 bits per heavy atom. The average Bonchev–Trinajstić information content (AvgIpc) is 4.11. The highest BCUT2D eigenvalue weighted by molar-refractivity contribution is 9.11. The van der Waals surface area contributed by atoms with E-state index >= 15 is 0 Å². The molecule has 0 saturated heterocycles. The maximum absolute atomic E-state index is 14.2. The highest BCUT2D eigenvalue weighted by atomic mass is 79.9.